The third-order valence-electron chi connectivity index (χ3n) is 6.28. The van der Waals surface area contributed by atoms with Gasteiger partial charge < -0.3 is 29.4 Å². The number of anilines is 1. The molecule has 0 fully saturated rings. The van der Waals surface area contributed by atoms with Crippen molar-refractivity contribution in [1.82, 2.24) is 24.3 Å². The number of carbonyl (C=O) groups is 3. The number of carbonyl (C=O) groups excluding carboxylic acids is 3. The summed E-state index contributed by atoms with van der Waals surface area (Å²) in [5.41, 5.74) is -1.99. The van der Waals surface area contributed by atoms with Gasteiger partial charge in [0.15, 0.2) is 11.9 Å². The number of halogens is 5. The van der Waals surface area contributed by atoms with E-state index in [-0.39, 0.29) is 47.8 Å². The molecule has 3 aromatic rings. The maximum atomic E-state index is 14.4. The van der Waals surface area contributed by atoms with E-state index >= 15 is 0 Å². The second-order valence-electron chi connectivity index (χ2n) is 10.2. The van der Waals surface area contributed by atoms with Crippen molar-refractivity contribution in [1.29, 1.82) is 0 Å². The fourth-order valence-electron chi connectivity index (χ4n) is 3.97. The Hall–Kier alpha value is -4.76. The summed E-state index contributed by atoms with van der Waals surface area (Å²) in [4.78, 5) is 59.2. The third-order valence-corrected chi connectivity index (χ3v) is 6.28. The largest absolute Gasteiger partial charge is 0.436 e. The van der Waals surface area contributed by atoms with Crippen molar-refractivity contribution >= 4 is 34.6 Å². The van der Waals surface area contributed by atoms with E-state index in [4.69, 9.17) is 4.74 Å². The molecule has 0 aliphatic carbocycles. The van der Waals surface area contributed by atoms with Crippen molar-refractivity contribution in [3.8, 4) is 0 Å². The van der Waals surface area contributed by atoms with E-state index in [2.05, 4.69) is 15.3 Å². The van der Waals surface area contributed by atoms with Gasteiger partial charge in [-0.25, -0.2) is 18.6 Å². The number of H-pyrrole nitrogens is 1. The van der Waals surface area contributed by atoms with Crippen LogP contribution in [0.5, 0.6) is 0 Å². The summed E-state index contributed by atoms with van der Waals surface area (Å²) in [5.74, 6) is -3.42. The molecular formula is C28H31F5N6O5. The van der Waals surface area contributed by atoms with Crippen molar-refractivity contribution in [2.45, 2.75) is 44.5 Å². The van der Waals surface area contributed by atoms with E-state index in [1.807, 2.05) is 0 Å². The predicted octanol–water partition coefficient (Wildman–Crippen LogP) is 3.98. The molecule has 2 heterocycles. The number of alkyl halides is 3. The van der Waals surface area contributed by atoms with Crippen LogP contribution < -0.4 is 10.9 Å². The molecule has 0 saturated heterocycles. The number of aromatic nitrogens is 3. The SMILES string of the molecule is CN(C)C(=O)/C=C/CCC(OC(=O)N(C)C)C(=O)Nc1cccn(Cc2nc3c(F)cc(F)c(CCC(F)(F)F)c3[nH]2)c1=O. The van der Waals surface area contributed by atoms with Gasteiger partial charge in [0.2, 0.25) is 5.91 Å². The summed E-state index contributed by atoms with van der Waals surface area (Å²) in [6.45, 7) is -0.333. The monoisotopic (exact) mass is 626 g/mol. The average molecular weight is 627 g/mol. The first-order valence-electron chi connectivity index (χ1n) is 13.3. The maximum Gasteiger partial charge on any atom is 0.410 e. The molecular weight excluding hydrogens is 595 g/mol. The van der Waals surface area contributed by atoms with E-state index in [0.29, 0.717) is 6.07 Å². The summed E-state index contributed by atoms with van der Waals surface area (Å²) in [7, 11) is 5.97. The quantitative estimate of drug-likeness (QED) is 0.245. The summed E-state index contributed by atoms with van der Waals surface area (Å²) >= 11 is 0. The van der Waals surface area contributed by atoms with Crippen LogP contribution in [-0.2, 0) is 27.3 Å². The normalized spacial score (nSPS) is 12.4. The molecule has 44 heavy (non-hydrogen) atoms. The number of hydrogen-bond acceptors (Lipinski definition) is 6. The van der Waals surface area contributed by atoms with Gasteiger partial charge in [-0.05, 0) is 37.5 Å². The Morgan fingerprint density at radius 2 is 1.84 bits per heavy atom. The Bertz CT molecular complexity index is 1610. The Morgan fingerprint density at radius 3 is 2.48 bits per heavy atom. The highest BCUT2D eigenvalue weighted by Gasteiger charge is 2.29. The average Bonchev–Trinajstić information content (AvgIpc) is 3.35. The minimum absolute atomic E-state index is 0.0125. The Labute approximate surface area is 248 Å². The highest BCUT2D eigenvalue weighted by atomic mass is 19.4. The number of rotatable bonds is 11. The molecule has 1 unspecified atom stereocenters. The standard InChI is InChI=1S/C28H31F5N6O5/c1-37(2)22(40)10-6-5-9-20(44-27(43)38(3)4)25(41)34-19-8-7-13-39(26(19)42)15-21-35-23-16(11-12-28(31,32)33)17(29)14-18(30)24(23)36-21/h6-8,10,13-14,20H,5,9,11-12,15H2,1-4H3,(H,34,41)(H,35,36)/b10-6+. The number of likely N-dealkylation sites (N-methyl/N-ethyl adjacent to an activating group) is 1. The Morgan fingerprint density at radius 1 is 1.14 bits per heavy atom. The molecule has 11 nitrogen and oxygen atoms in total. The zero-order valence-electron chi connectivity index (χ0n) is 24.3. The van der Waals surface area contributed by atoms with Crippen LogP contribution in [0.1, 0.15) is 30.7 Å². The van der Waals surface area contributed by atoms with Gasteiger partial charge in [0, 0.05) is 52.4 Å². The molecule has 0 spiro atoms. The van der Waals surface area contributed by atoms with Crippen LogP contribution in [0.4, 0.5) is 32.4 Å². The van der Waals surface area contributed by atoms with Crippen molar-refractivity contribution in [2.24, 2.45) is 0 Å². The summed E-state index contributed by atoms with van der Waals surface area (Å²) < 4.78 is 73.4. The fourth-order valence-corrected chi connectivity index (χ4v) is 3.97. The summed E-state index contributed by atoms with van der Waals surface area (Å²) in [5, 5.41) is 2.42. The van der Waals surface area contributed by atoms with Crippen LogP contribution in [0.25, 0.3) is 11.0 Å². The van der Waals surface area contributed by atoms with Crippen molar-refractivity contribution in [2.75, 3.05) is 33.5 Å². The van der Waals surface area contributed by atoms with Gasteiger partial charge in [-0.3, -0.25) is 14.4 Å². The smallest absolute Gasteiger partial charge is 0.410 e. The first-order chi connectivity index (χ1) is 20.6. The highest BCUT2D eigenvalue weighted by molar-refractivity contribution is 5.95. The number of pyridine rings is 1. The Balaban J connectivity index is 1.83. The number of ether oxygens (including phenoxy) is 1. The minimum atomic E-state index is -4.57. The van der Waals surface area contributed by atoms with Gasteiger partial charge in [-0.1, -0.05) is 6.08 Å². The lowest BCUT2D eigenvalue weighted by atomic mass is 10.1. The van der Waals surface area contributed by atoms with Gasteiger partial charge in [0.05, 0.1) is 12.1 Å². The molecule has 238 valence electrons. The van der Waals surface area contributed by atoms with E-state index in [9.17, 15) is 41.1 Å². The first-order valence-corrected chi connectivity index (χ1v) is 13.3. The topological polar surface area (TPSA) is 130 Å². The summed E-state index contributed by atoms with van der Waals surface area (Å²) in [6, 6.07) is 3.15. The molecule has 2 aromatic heterocycles. The van der Waals surface area contributed by atoms with Crippen LogP contribution in [-0.4, -0.2) is 82.7 Å². The molecule has 3 amide bonds. The second kappa shape index (κ2) is 14.1. The van der Waals surface area contributed by atoms with Gasteiger partial charge >= 0.3 is 12.3 Å². The molecule has 0 radical (unpaired) electrons. The number of benzene rings is 1. The number of hydrogen-bond donors (Lipinski definition) is 2. The molecule has 0 aliphatic rings. The third kappa shape index (κ3) is 8.87. The van der Waals surface area contributed by atoms with Crippen molar-refractivity contribution in [3.05, 3.63) is 69.9 Å². The fraction of sp³-hybridized carbons (Fsp3) is 0.393. The lowest BCUT2D eigenvalue weighted by Gasteiger charge is -2.19. The molecule has 1 aromatic carbocycles. The second-order valence-corrected chi connectivity index (χ2v) is 10.2. The number of nitrogens with one attached hydrogen (secondary N) is 2. The first kappa shape index (κ1) is 33.7. The van der Waals surface area contributed by atoms with E-state index in [1.54, 1.807) is 14.1 Å². The zero-order valence-corrected chi connectivity index (χ0v) is 24.3. The van der Waals surface area contributed by atoms with E-state index in [0.717, 1.165) is 9.47 Å². The minimum Gasteiger partial charge on any atom is -0.436 e. The number of aryl methyl sites for hydroxylation is 1. The molecule has 1 atom stereocenters. The van der Waals surface area contributed by atoms with E-state index in [1.165, 1.54) is 49.5 Å². The predicted molar refractivity (Wildman–Crippen MR) is 150 cm³/mol. The molecule has 0 aliphatic heterocycles. The van der Waals surface area contributed by atoms with Crippen LogP contribution in [0.3, 0.4) is 0 Å². The highest BCUT2D eigenvalue weighted by Crippen LogP contribution is 2.28. The molecule has 2 N–H and O–H groups in total. The van der Waals surface area contributed by atoms with Gasteiger partial charge in [-0.15, -0.1) is 0 Å². The number of fused-ring (bicyclic) bond motifs is 1. The van der Waals surface area contributed by atoms with Crippen LogP contribution in [0, 0.1) is 11.6 Å². The lowest BCUT2D eigenvalue weighted by Crippen LogP contribution is -2.37. The number of imidazole rings is 1. The van der Waals surface area contributed by atoms with Crippen molar-refractivity contribution in [3.63, 3.8) is 0 Å². The molecule has 0 bridgehead atoms. The Kier molecular flexibility index (Phi) is 10.8. The number of amides is 3. The molecule has 0 saturated carbocycles. The molecule has 16 heteroatoms. The number of allylic oxidation sites excluding steroid dienone is 1. The maximum absolute atomic E-state index is 14.4. The van der Waals surface area contributed by atoms with Gasteiger partial charge in [-0.2, -0.15) is 13.2 Å². The van der Waals surface area contributed by atoms with Crippen LogP contribution >= 0.6 is 0 Å². The number of aromatic amines is 1. The van der Waals surface area contributed by atoms with Gasteiger partial charge in [0.1, 0.15) is 22.8 Å². The van der Waals surface area contributed by atoms with Gasteiger partial charge in [0.25, 0.3) is 11.5 Å². The summed E-state index contributed by atoms with van der Waals surface area (Å²) in [6.07, 6.45) is -4.50. The lowest BCUT2D eigenvalue weighted by molar-refractivity contribution is -0.134. The van der Waals surface area contributed by atoms with E-state index < -0.39 is 59.9 Å². The molecule has 3 rings (SSSR count). The van der Waals surface area contributed by atoms with Crippen molar-refractivity contribution < 1.29 is 41.1 Å². The van der Waals surface area contributed by atoms with Crippen LogP contribution in [0.15, 0.2) is 41.3 Å². The van der Waals surface area contributed by atoms with Crippen LogP contribution in [0.2, 0.25) is 0 Å². The number of nitrogens with zero attached hydrogens (tertiary/aromatic N) is 4. The zero-order chi connectivity index (χ0) is 32.8.